The predicted octanol–water partition coefficient (Wildman–Crippen LogP) is 2.21. The second kappa shape index (κ2) is 5.19. The van der Waals surface area contributed by atoms with Crippen molar-refractivity contribution in [2.75, 3.05) is 19.7 Å². The molecular weight excluding hydrogens is 210 g/mol. The lowest BCUT2D eigenvalue weighted by atomic mass is 10.0. The van der Waals surface area contributed by atoms with Crippen molar-refractivity contribution in [1.82, 2.24) is 5.32 Å². The molecule has 1 aromatic carbocycles. The molecule has 1 fully saturated rings. The molecule has 0 aromatic heterocycles. The van der Waals surface area contributed by atoms with E-state index in [0.29, 0.717) is 6.61 Å². The first kappa shape index (κ1) is 12.6. The number of hydrogen-bond donors (Lipinski definition) is 2. The summed E-state index contributed by atoms with van der Waals surface area (Å²) in [6.07, 6.45) is 3.44. The molecule has 17 heavy (non-hydrogen) atoms. The summed E-state index contributed by atoms with van der Waals surface area (Å²) in [5.41, 5.74) is 4.37. The molecule has 0 saturated heterocycles. The van der Waals surface area contributed by atoms with E-state index >= 15 is 0 Å². The summed E-state index contributed by atoms with van der Waals surface area (Å²) in [5.74, 6) is 0. The van der Waals surface area contributed by atoms with Crippen LogP contribution in [0.25, 0.3) is 0 Å². The second-order valence-corrected chi connectivity index (χ2v) is 5.51. The van der Waals surface area contributed by atoms with Gasteiger partial charge in [0.15, 0.2) is 0 Å². The number of aliphatic hydroxyl groups is 1. The Hall–Kier alpha value is -0.860. The SMILES string of the molecule is Cc1ccc(CCNCC2(CO)CC2)c(C)c1. The summed E-state index contributed by atoms with van der Waals surface area (Å²) in [7, 11) is 0. The van der Waals surface area contributed by atoms with E-state index in [2.05, 4.69) is 37.4 Å². The monoisotopic (exact) mass is 233 g/mol. The number of aryl methyl sites for hydroxylation is 2. The molecule has 2 N–H and O–H groups in total. The normalized spacial score (nSPS) is 17.1. The first-order chi connectivity index (χ1) is 8.15. The molecule has 0 radical (unpaired) electrons. The van der Waals surface area contributed by atoms with Gasteiger partial charge in [0, 0.05) is 18.6 Å². The van der Waals surface area contributed by atoms with Crippen LogP contribution in [-0.2, 0) is 6.42 Å². The van der Waals surface area contributed by atoms with Gasteiger partial charge in [-0.1, -0.05) is 23.8 Å². The minimum absolute atomic E-state index is 0.225. The lowest BCUT2D eigenvalue weighted by molar-refractivity contribution is 0.208. The fourth-order valence-electron chi connectivity index (χ4n) is 2.27. The molecule has 1 saturated carbocycles. The van der Waals surface area contributed by atoms with Crippen LogP contribution in [0.2, 0.25) is 0 Å². The summed E-state index contributed by atoms with van der Waals surface area (Å²) >= 11 is 0. The maximum atomic E-state index is 9.21. The molecule has 1 aromatic rings. The molecule has 0 spiro atoms. The van der Waals surface area contributed by atoms with Crippen molar-refractivity contribution in [2.24, 2.45) is 5.41 Å². The zero-order chi connectivity index (χ0) is 12.3. The van der Waals surface area contributed by atoms with Crippen LogP contribution in [0.4, 0.5) is 0 Å². The number of hydrogen-bond acceptors (Lipinski definition) is 2. The summed E-state index contributed by atoms with van der Waals surface area (Å²) < 4.78 is 0. The van der Waals surface area contributed by atoms with Crippen LogP contribution in [0.5, 0.6) is 0 Å². The molecule has 0 amide bonds. The summed E-state index contributed by atoms with van der Waals surface area (Å²) in [6, 6.07) is 6.65. The van der Waals surface area contributed by atoms with Crippen LogP contribution in [0.3, 0.4) is 0 Å². The topological polar surface area (TPSA) is 32.3 Å². The number of rotatable bonds is 6. The van der Waals surface area contributed by atoms with Gasteiger partial charge in [0.25, 0.3) is 0 Å². The molecule has 2 nitrogen and oxygen atoms in total. The van der Waals surface area contributed by atoms with Crippen LogP contribution in [0, 0.1) is 19.3 Å². The Balaban J connectivity index is 1.74. The van der Waals surface area contributed by atoms with Gasteiger partial charge in [-0.25, -0.2) is 0 Å². The minimum atomic E-state index is 0.225. The Bertz CT molecular complexity index is 383. The fourth-order valence-corrected chi connectivity index (χ4v) is 2.27. The smallest absolute Gasteiger partial charge is 0.0499 e. The van der Waals surface area contributed by atoms with Gasteiger partial charge in [-0.2, -0.15) is 0 Å². The molecule has 0 atom stereocenters. The van der Waals surface area contributed by atoms with Crippen LogP contribution >= 0.6 is 0 Å². The van der Waals surface area contributed by atoms with E-state index in [-0.39, 0.29) is 5.41 Å². The molecule has 0 heterocycles. The highest BCUT2D eigenvalue weighted by molar-refractivity contribution is 5.30. The third kappa shape index (κ3) is 3.30. The van der Waals surface area contributed by atoms with Gasteiger partial charge < -0.3 is 10.4 Å². The Morgan fingerprint density at radius 3 is 2.65 bits per heavy atom. The number of aliphatic hydroxyl groups excluding tert-OH is 1. The van der Waals surface area contributed by atoms with Gasteiger partial charge in [0.1, 0.15) is 0 Å². The number of nitrogens with one attached hydrogen (secondary N) is 1. The maximum Gasteiger partial charge on any atom is 0.0499 e. The lowest BCUT2D eigenvalue weighted by Crippen LogP contribution is -2.28. The third-order valence-corrected chi connectivity index (χ3v) is 3.86. The third-order valence-electron chi connectivity index (χ3n) is 3.86. The van der Waals surface area contributed by atoms with Crippen molar-refractivity contribution >= 4 is 0 Å². The molecule has 1 aliphatic rings. The first-order valence-corrected chi connectivity index (χ1v) is 6.53. The van der Waals surface area contributed by atoms with Crippen molar-refractivity contribution in [3.63, 3.8) is 0 Å². The van der Waals surface area contributed by atoms with Crippen molar-refractivity contribution < 1.29 is 5.11 Å². The average Bonchev–Trinajstić information content (AvgIpc) is 3.07. The van der Waals surface area contributed by atoms with Crippen molar-refractivity contribution in [3.05, 3.63) is 34.9 Å². The van der Waals surface area contributed by atoms with E-state index in [1.54, 1.807) is 0 Å². The highest BCUT2D eigenvalue weighted by atomic mass is 16.3. The second-order valence-electron chi connectivity index (χ2n) is 5.51. The largest absolute Gasteiger partial charge is 0.396 e. The number of benzene rings is 1. The lowest BCUT2D eigenvalue weighted by Gasteiger charge is -2.13. The molecule has 2 rings (SSSR count). The van der Waals surface area contributed by atoms with Gasteiger partial charge in [0.05, 0.1) is 0 Å². The molecule has 1 aliphatic carbocycles. The van der Waals surface area contributed by atoms with E-state index in [9.17, 15) is 5.11 Å². The molecule has 0 unspecified atom stereocenters. The summed E-state index contributed by atoms with van der Waals surface area (Å²) in [4.78, 5) is 0. The van der Waals surface area contributed by atoms with E-state index in [4.69, 9.17) is 0 Å². The van der Waals surface area contributed by atoms with Crippen LogP contribution in [-0.4, -0.2) is 24.8 Å². The van der Waals surface area contributed by atoms with Crippen LogP contribution in [0.15, 0.2) is 18.2 Å². The molecule has 2 heteroatoms. The Kier molecular flexibility index (Phi) is 3.85. The molecule has 0 aliphatic heterocycles. The minimum Gasteiger partial charge on any atom is -0.396 e. The van der Waals surface area contributed by atoms with Gasteiger partial charge in [-0.05, 0) is 50.8 Å². The first-order valence-electron chi connectivity index (χ1n) is 6.53. The molecule has 94 valence electrons. The van der Waals surface area contributed by atoms with E-state index in [0.717, 1.165) is 19.5 Å². The predicted molar refractivity (Wildman–Crippen MR) is 71.2 cm³/mol. The van der Waals surface area contributed by atoms with E-state index in [1.165, 1.54) is 29.5 Å². The highest BCUT2D eigenvalue weighted by Crippen LogP contribution is 2.44. The highest BCUT2D eigenvalue weighted by Gasteiger charge is 2.41. The quantitative estimate of drug-likeness (QED) is 0.738. The molecular formula is C15H23NO. The van der Waals surface area contributed by atoms with E-state index in [1.807, 2.05) is 0 Å². The zero-order valence-electron chi connectivity index (χ0n) is 10.9. The fraction of sp³-hybridized carbons (Fsp3) is 0.600. The molecule has 0 bridgehead atoms. The van der Waals surface area contributed by atoms with E-state index < -0.39 is 0 Å². The Labute approximate surface area is 104 Å². The standard InChI is InChI=1S/C15H23NO/c1-12-3-4-14(13(2)9-12)5-8-16-10-15(11-17)6-7-15/h3-4,9,16-17H,5-8,10-11H2,1-2H3. The Morgan fingerprint density at radius 2 is 2.06 bits per heavy atom. The Morgan fingerprint density at radius 1 is 1.29 bits per heavy atom. The van der Waals surface area contributed by atoms with Crippen LogP contribution < -0.4 is 5.32 Å². The van der Waals surface area contributed by atoms with Gasteiger partial charge in [0.2, 0.25) is 0 Å². The van der Waals surface area contributed by atoms with Crippen molar-refractivity contribution in [3.8, 4) is 0 Å². The summed E-state index contributed by atoms with van der Waals surface area (Å²) in [6.45, 7) is 6.62. The maximum absolute atomic E-state index is 9.21. The van der Waals surface area contributed by atoms with Crippen LogP contribution in [0.1, 0.15) is 29.5 Å². The van der Waals surface area contributed by atoms with Gasteiger partial charge in [-0.15, -0.1) is 0 Å². The van der Waals surface area contributed by atoms with Crippen molar-refractivity contribution in [2.45, 2.75) is 33.1 Å². The van der Waals surface area contributed by atoms with Gasteiger partial charge >= 0.3 is 0 Å². The summed E-state index contributed by atoms with van der Waals surface area (Å²) in [5, 5.41) is 12.7. The average molecular weight is 233 g/mol. The zero-order valence-corrected chi connectivity index (χ0v) is 10.9. The van der Waals surface area contributed by atoms with Crippen molar-refractivity contribution in [1.29, 1.82) is 0 Å². The van der Waals surface area contributed by atoms with Gasteiger partial charge in [-0.3, -0.25) is 0 Å².